The van der Waals surface area contributed by atoms with Crippen molar-refractivity contribution >= 4 is 12.6 Å². The molecule has 0 radical (unpaired) electrons. The molecule has 0 bridgehead atoms. The zero-order valence-corrected chi connectivity index (χ0v) is 13.8. The highest BCUT2D eigenvalue weighted by atomic mass is 32.1. The van der Waals surface area contributed by atoms with E-state index in [9.17, 15) is 0 Å². The van der Waals surface area contributed by atoms with Crippen LogP contribution in [0.5, 0.6) is 0 Å². The quantitative estimate of drug-likeness (QED) is 0.625. The molecular weight excluding hydrogens is 252 g/mol. The third-order valence-electron chi connectivity index (χ3n) is 5.39. The second-order valence-corrected chi connectivity index (χ2v) is 7.17. The van der Waals surface area contributed by atoms with Crippen molar-refractivity contribution < 1.29 is 0 Å². The second-order valence-electron chi connectivity index (χ2n) is 6.85. The van der Waals surface area contributed by atoms with E-state index >= 15 is 0 Å². The fourth-order valence-electron chi connectivity index (χ4n) is 3.91. The lowest BCUT2D eigenvalue weighted by Crippen LogP contribution is -2.53. The maximum atomic E-state index is 4.72. The van der Waals surface area contributed by atoms with E-state index in [0.29, 0.717) is 5.41 Å². The first-order valence-corrected chi connectivity index (χ1v) is 8.86. The molecule has 0 N–H and O–H groups in total. The molecule has 2 aliphatic rings. The number of thiol groups is 1. The molecule has 0 aromatic carbocycles. The fraction of sp³-hybridized carbons (Fsp3) is 1.00. The van der Waals surface area contributed by atoms with E-state index in [-0.39, 0.29) is 0 Å². The molecule has 112 valence electrons. The SMILES string of the molecule is CCC1CN(CC2(CS)CCCCCC2)CCN1C. The molecule has 1 heterocycles. The standard InChI is InChI=1S/C16H32N2S/c1-3-15-12-18(11-10-17(15)2)13-16(14-19)8-6-4-5-7-9-16/h15,19H,3-14H2,1-2H3. The van der Waals surface area contributed by atoms with Gasteiger partial charge in [-0.15, -0.1) is 0 Å². The summed E-state index contributed by atoms with van der Waals surface area (Å²) < 4.78 is 0. The summed E-state index contributed by atoms with van der Waals surface area (Å²) >= 11 is 4.72. The van der Waals surface area contributed by atoms with Crippen molar-refractivity contribution in [1.29, 1.82) is 0 Å². The first kappa shape index (κ1) is 15.7. The van der Waals surface area contributed by atoms with E-state index in [0.717, 1.165) is 11.8 Å². The normalized spacial score (nSPS) is 30.2. The summed E-state index contributed by atoms with van der Waals surface area (Å²) in [4.78, 5) is 5.27. The largest absolute Gasteiger partial charge is 0.301 e. The molecule has 0 spiro atoms. The zero-order chi connectivity index (χ0) is 13.7. The highest BCUT2D eigenvalue weighted by Gasteiger charge is 2.33. The Morgan fingerprint density at radius 2 is 1.79 bits per heavy atom. The third kappa shape index (κ3) is 4.12. The maximum Gasteiger partial charge on any atom is 0.0218 e. The molecule has 1 aliphatic heterocycles. The smallest absolute Gasteiger partial charge is 0.0218 e. The molecule has 2 rings (SSSR count). The molecule has 0 aromatic heterocycles. The summed E-state index contributed by atoms with van der Waals surface area (Å²) in [6.07, 6.45) is 9.81. The highest BCUT2D eigenvalue weighted by Crippen LogP contribution is 2.37. The lowest BCUT2D eigenvalue weighted by atomic mass is 9.81. The number of likely N-dealkylation sites (N-methyl/N-ethyl adjacent to an activating group) is 1. The van der Waals surface area contributed by atoms with Crippen molar-refractivity contribution in [3.63, 3.8) is 0 Å². The van der Waals surface area contributed by atoms with Gasteiger partial charge in [0, 0.05) is 32.2 Å². The van der Waals surface area contributed by atoms with Crippen molar-refractivity contribution in [3.05, 3.63) is 0 Å². The molecule has 1 aliphatic carbocycles. The lowest BCUT2D eigenvalue weighted by molar-refractivity contribution is 0.0579. The van der Waals surface area contributed by atoms with Gasteiger partial charge in [-0.2, -0.15) is 12.6 Å². The topological polar surface area (TPSA) is 6.48 Å². The molecule has 0 amide bonds. The molecule has 1 saturated heterocycles. The first-order valence-electron chi connectivity index (χ1n) is 8.22. The van der Waals surface area contributed by atoms with Gasteiger partial charge >= 0.3 is 0 Å². The molecule has 1 unspecified atom stereocenters. The molecule has 2 fully saturated rings. The molecule has 3 heteroatoms. The number of nitrogens with zero attached hydrogens (tertiary/aromatic N) is 2. The summed E-state index contributed by atoms with van der Waals surface area (Å²) in [5, 5.41) is 0. The minimum atomic E-state index is 0.508. The minimum absolute atomic E-state index is 0.508. The predicted octanol–water partition coefficient (Wildman–Crippen LogP) is 3.28. The minimum Gasteiger partial charge on any atom is -0.301 e. The van der Waals surface area contributed by atoms with E-state index < -0.39 is 0 Å². The Kier molecular flexibility index (Phi) is 6.04. The average molecular weight is 285 g/mol. The van der Waals surface area contributed by atoms with Gasteiger partial charge < -0.3 is 4.90 Å². The number of hydrogen-bond acceptors (Lipinski definition) is 3. The van der Waals surface area contributed by atoms with Crippen LogP contribution in [0, 0.1) is 5.41 Å². The molecular formula is C16H32N2S. The van der Waals surface area contributed by atoms with E-state index in [1.807, 2.05) is 0 Å². The van der Waals surface area contributed by atoms with Crippen LogP contribution in [-0.2, 0) is 0 Å². The highest BCUT2D eigenvalue weighted by molar-refractivity contribution is 7.80. The van der Waals surface area contributed by atoms with Crippen molar-refractivity contribution in [2.75, 3.05) is 39.0 Å². The fourth-order valence-corrected chi connectivity index (χ4v) is 4.33. The van der Waals surface area contributed by atoms with Crippen LogP contribution in [0.15, 0.2) is 0 Å². The monoisotopic (exact) mass is 284 g/mol. The van der Waals surface area contributed by atoms with Gasteiger partial charge in [0.2, 0.25) is 0 Å². The molecule has 1 saturated carbocycles. The third-order valence-corrected chi connectivity index (χ3v) is 6.06. The van der Waals surface area contributed by atoms with Gasteiger partial charge in [-0.3, -0.25) is 4.90 Å². The van der Waals surface area contributed by atoms with Gasteiger partial charge in [-0.1, -0.05) is 32.6 Å². The Balaban J connectivity index is 1.93. The van der Waals surface area contributed by atoms with Crippen LogP contribution in [0.3, 0.4) is 0 Å². The molecule has 19 heavy (non-hydrogen) atoms. The van der Waals surface area contributed by atoms with Crippen LogP contribution in [0.25, 0.3) is 0 Å². The van der Waals surface area contributed by atoms with Gasteiger partial charge in [0.25, 0.3) is 0 Å². The first-order chi connectivity index (χ1) is 9.19. The number of piperazine rings is 1. The average Bonchev–Trinajstić information content (AvgIpc) is 2.67. The van der Waals surface area contributed by atoms with Crippen LogP contribution in [0.1, 0.15) is 51.9 Å². The van der Waals surface area contributed by atoms with E-state index in [2.05, 4.69) is 23.8 Å². The number of hydrogen-bond donors (Lipinski definition) is 1. The van der Waals surface area contributed by atoms with Crippen molar-refractivity contribution in [3.8, 4) is 0 Å². The van der Waals surface area contributed by atoms with Gasteiger partial charge in [-0.05, 0) is 37.5 Å². The Morgan fingerprint density at radius 3 is 2.37 bits per heavy atom. The Hall–Kier alpha value is 0.270. The van der Waals surface area contributed by atoms with E-state index in [4.69, 9.17) is 12.6 Å². The molecule has 0 aromatic rings. The van der Waals surface area contributed by atoms with Gasteiger partial charge in [0.15, 0.2) is 0 Å². The van der Waals surface area contributed by atoms with Crippen LogP contribution >= 0.6 is 12.6 Å². The van der Waals surface area contributed by atoms with Gasteiger partial charge in [-0.25, -0.2) is 0 Å². The van der Waals surface area contributed by atoms with Crippen LogP contribution in [0.2, 0.25) is 0 Å². The van der Waals surface area contributed by atoms with Gasteiger partial charge in [0.05, 0.1) is 0 Å². The van der Waals surface area contributed by atoms with Crippen LogP contribution in [0.4, 0.5) is 0 Å². The number of rotatable bonds is 4. The molecule has 1 atom stereocenters. The summed E-state index contributed by atoms with van der Waals surface area (Å²) in [5.41, 5.74) is 0.508. The Morgan fingerprint density at radius 1 is 1.11 bits per heavy atom. The van der Waals surface area contributed by atoms with E-state index in [1.54, 1.807) is 0 Å². The Bertz CT molecular complexity index is 261. The summed E-state index contributed by atoms with van der Waals surface area (Å²) in [7, 11) is 2.28. The van der Waals surface area contributed by atoms with E-state index in [1.165, 1.54) is 71.1 Å². The predicted molar refractivity (Wildman–Crippen MR) is 87.1 cm³/mol. The van der Waals surface area contributed by atoms with Crippen molar-refractivity contribution in [2.45, 2.75) is 57.9 Å². The van der Waals surface area contributed by atoms with Crippen molar-refractivity contribution in [1.82, 2.24) is 9.80 Å². The summed E-state index contributed by atoms with van der Waals surface area (Å²) in [6, 6.07) is 0.761. The van der Waals surface area contributed by atoms with Crippen LogP contribution in [-0.4, -0.2) is 54.8 Å². The summed E-state index contributed by atoms with van der Waals surface area (Å²) in [6.45, 7) is 7.37. The van der Waals surface area contributed by atoms with Crippen molar-refractivity contribution in [2.24, 2.45) is 5.41 Å². The van der Waals surface area contributed by atoms with Crippen LogP contribution < -0.4 is 0 Å². The lowest BCUT2D eigenvalue weighted by Gasteiger charge is -2.44. The maximum absolute atomic E-state index is 4.72. The van der Waals surface area contributed by atoms with Gasteiger partial charge in [0.1, 0.15) is 0 Å². The Labute approximate surface area is 125 Å². The molecule has 2 nitrogen and oxygen atoms in total. The second kappa shape index (κ2) is 7.33. The zero-order valence-electron chi connectivity index (χ0n) is 12.9. The summed E-state index contributed by atoms with van der Waals surface area (Å²) in [5.74, 6) is 1.08.